The fourth-order valence-corrected chi connectivity index (χ4v) is 3.69. The summed E-state index contributed by atoms with van der Waals surface area (Å²) in [5, 5.41) is 13.3. The van der Waals surface area contributed by atoms with Crippen LogP contribution >= 0.6 is 0 Å². The number of nitriles is 1. The number of amides is 2. The molecule has 2 amide bonds. The number of carbonyl (C=O) groups is 2. The van der Waals surface area contributed by atoms with Crippen molar-refractivity contribution in [1.29, 1.82) is 5.26 Å². The number of nitrogens with zero attached hydrogens (tertiary/aromatic N) is 4. The lowest BCUT2D eigenvalue weighted by Gasteiger charge is -2.19. The highest BCUT2D eigenvalue weighted by atomic mass is 19.3. The molecule has 1 aromatic carbocycles. The maximum atomic E-state index is 13.6. The molecular formula is C22H17F2N5O2. The lowest BCUT2D eigenvalue weighted by atomic mass is 9.98. The first-order valence-electron chi connectivity index (χ1n) is 9.52. The number of halogens is 2. The third-order valence-corrected chi connectivity index (χ3v) is 5.16. The van der Waals surface area contributed by atoms with Gasteiger partial charge in [-0.05, 0) is 11.5 Å². The normalized spacial score (nSPS) is 17.3. The standard InChI is InChI=1S/C22H17F2N5O2/c23-22(24)7-15(8-25)29(13-22)20(30)12-28-21(31)17-5-6-26-10-19(17)18-11-27-9-14-3-1-2-4-16(14)18/h1-6,9-11,15H,7,12-13H2,(H,28,31)/t15-/m0/s1. The Balaban J connectivity index is 1.56. The molecule has 0 saturated carbocycles. The molecule has 3 heterocycles. The highest BCUT2D eigenvalue weighted by Crippen LogP contribution is 2.32. The lowest BCUT2D eigenvalue weighted by Crippen LogP contribution is -2.43. The summed E-state index contributed by atoms with van der Waals surface area (Å²) in [5.41, 5.74) is 1.50. The Kier molecular flexibility index (Phi) is 5.29. The summed E-state index contributed by atoms with van der Waals surface area (Å²) in [6.07, 6.45) is 5.63. The number of carbonyl (C=O) groups excluding carboxylic acids is 2. The van der Waals surface area contributed by atoms with Crippen molar-refractivity contribution >= 4 is 22.6 Å². The number of hydrogen-bond acceptors (Lipinski definition) is 5. The molecule has 1 N–H and O–H groups in total. The van der Waals surface area contributed by atoms with E-state index in [2.05, 4.69) is 15.3 Å². The number of benzene rings is 1. The molecule has 156 valence electrons. The SMILES string of the molecule is N#C[C@@H]1CC(F)(F)CN1C(=O)CNC(=O)c1ccncc1-c1cncc2ccccc12. The third kappa shape index (κ3) is 4.05. The summed E-state index contributed by atoms with van der Waals surface area (Å²) in [5.74, 6) is -4.41. The van der Waals surface area contributed by atoms with Crippen LogP contribution in [-0.4, -0.2) is 51.7 Å². The fourth-order valence-electron chi connectivity index (χ4n) is 3.69. The lowest BCUT2D eigenvalue weighted by molar-refractivity contribution is -0.131. The van der Waals surface area contributed by atoms with Crippen molar-refractivity contribution in [3.63, 3.8) is 0 Å². The quantitative estimate of drug-likeness (QED) is 0.699. The van der Waals surface area contributed by atoms with Crippen LogP contribution in [0.3, 0.4) is 0 Å². The van der Waals surface area contributed by atoms with E-state index >= 15 is 0 Å². The first-order valence-corrected chi connectivity index (χ1v) is 9.52. The zero-order valence-corrected chi connectivity index (χ0v) is 16.3. The summed E-state index contributed by atoms with van der Waals surface area (Å²) >= 11 is 0. The highest BCUT2D eigenvalue weighted by Gasteiger charge is 2.47. The molecule has 9 heteroatoms. The van der Waals surface area contributed by atoms with E-state index in [1.165, 1.54) is 18.5 Å². The van der Waals surface area contributed by atoms with E-state index in [0.717, 1.165) is 15.7 Å². The van der Waals surface area contributed by atoms with Gasteiger partial charge in [-0.1, -0.05) is 24.3 Å². The summed E-state index contributed by atoms with van der Waals surface area (Å²) < 4.78 is 27.2. The van der Waals surface area contributed by atoms with Gasteiger partial charge >= 0.3 is 0 Å². The van der Waals surface area contributed by atoms with Crippen LogP contribution < -0.4 is 5.32 Å². The van der Waals surface area contributed by atoms with Crippen molar-refractivity contribution in [2.45, 2.75) is 18.4 Å². The van der Waals surface area contributed by atoms with E-state index in [9.17, 15) is 18.4 Å². The van der Waals surface area contributed by atoms with Crippen LogP contribution in [0.1, 0.15) is 16.8 Å². The first-order chi connectivity index (χ1) is 14.9. The first kappa shape index (κ1) is 20.3. The molecule has 2 aromatic heterocycles. The van der Waals surface area contributed by atoms with E-state index < -0.39 is 43.3 Å². The maximum absolute atomic E-state index is 13.6. The average molecular weight is 421 g/mol. The topological polar surface area (TPSA) is 99.0 Å². The second-order valence-electron chi connectivity index (χ2n) is 7.24. The largest absolute Gasteiger partial charge is 0.343 e. The van der Waals surface area contributed by atoms with Crippen LogP contribution in [0.25, 0.3) is 21.9 Å². The summed E-state index contributed by atoms with van der Waals surface area (Å²) in [6, 6.07) is 9.58. The monoisotopic (exact) mass is 421 g/mol. The van der Waals surface area contributed by atoms with Gasteiger partial charge in [0.1, 0.15) is 6.04 Å². The molecule has 1 saturated heterocycles. The number of pyridine rings is 2. The molecular weight excluding hydrogens is 404 g/mol. The average Bonchev–Trinajstić information content (AvgIpc) is 3.11. The Bertz CT molecular complexity index is 1200. The van der Waals surface area contributed by atoms with E-state index in [1.54, 1.807) is 18.5 Å². The number of rotatable bonds is 4. The van der Waals surface area contributed by atoms with E-state index in [1.807, 2.05) is 24.3 Å². The summed E-state index contributed by atoms with van der Waals surface area (Å²) in [7, 11) is 0. The van der Waals surface area contributed by atoms with E-state index in [-0.39, 0.29) is 5.56 Å². The molecule has 4 rings (SSSR count). The zero-order valence-electron chi connectivity index (χ0n) is 16.3. The number of hydrogen-bond donors (Lipinski definition) is 1. The van der Waals surface area contributed by atoms with Gasteiger partial charge in [0.25, 0.3) is 11.8 Å². The predicted octanol–water partition coefficient (Wildman–Crippen LogP) is 2.79. The Morgan fingerprint density at radius 2 is 1.94 bits per heavy atom. The second kappa shape index (κ2) is 8.07. The van der Waals surface area contributed by atoms with Gasteiger partial charge in [-0.3, -0.25) is 19.6 Å². The minimum atomic E-state index is -3.11. The van der Waals surface area contributed by atoms with Crippen LogP contribution in [0.15, 0.2) is 55.1 Å². The van der Waals surface area contributed by atoms with Crippen molar-refractivity contribution in [3.8, 4) is 17.2 Å². The number of nitrogens with one attached hydrogen (secondary N) is 1. The molecule has 31 heavy (non-hydrogen) atoms. The van der Waals surface area contributed by atoms with Crippen LogP contribution in [0.2, 0.25) is 0 Å². The van der Waals surface area contributed by atoms with Crippen molar-refractivity contribution in [1.82, 2.24) is 20.2 Å². The molecule has 0 unspecified atom stereocenters. The molecule has 0 radical (unpaired) electrons. The minimum absolute atomic E-state index is 0.268. The molecule has 3 aromatic rings. The van der Waals surface area contributed by atoms with Gasteiger partial charge in [0, 0.05) is 47.7 Å². The van der Waals surface area contributed by atoms with Gasteiger partial charge in [0.15, 0.2) is 0 Å². The molecule has 7 nitrogen and oxygen atoms in total. The maximum Gasteiger partial charge on any atom is 0.268 e. The van der Waals surface area contributed by atoms with Gasteiger partial charge in [0.05, 0.1) is 24.7 Å². The highest BCUT2D eigenvalue weighted by molar-refractivity contribution is 6.06. The van der Waals surface area contributed by atoms with Crippen LogP contribution in [0.5, 0.6) is 0 Å². The van der Waals surface area contributed by atoms with E-state index in [0.29, 0.717) is 11.1 Å². The van der Waals surface area contributed by atoms with Crippen LogP contribution in [-0.2, 0) is 4.79 Å². The summed E-state index contributed by atoms with van der Waals surface area (Å²) in [6.45, 7) is -1.33. The predicted molar refractivity (Wildman–Crippen MR) is 108 cm³/mol. The Hall–Kier alpha value is -3.93. The molecule has 0 aliphatic carbocycles. The van der Waals surface area contributed by atoms with Crippen molar-refractivity contribution in [3.05, 3.63) is 60.7 Å². The summed E-state index contributed by atoms with van der Waals surface area (Å²) in [4.78, 5) is 34.3. The number of alkyl halides is 2. The van der Waals surface area contributed by atoms with Gasteiger partial charge in [-0.2, -0.15) is 5.26 Å². The van der Waals surface area contributed by atoms with Crippen molar-refractivity contribution in [2.24, 2.45) is 0 Å². The van der Waals surface area contributed by atoms with Gasteiger partial charge in [-0.25, -0.2) is 8.78 Å². The molecule has 1 atom stereocenters. The van der Waals surface area contributed by atoms with Crippen LogP contribution in [0.4, 0.5) is 8.78 Å². The molecule has 0 spiro atoms. The van der Waals surface area contributed by atoms with Gasteiger partial charge in [-0.15, -0.1) is 0 Å². The van der Waals surface area contributed by atoms with Crippen molar-refractivity contribution in [2.75, 3.05) is 13.1 Å². The molecule has 0 bridgehead atoms. The molecule has 1 aliphatic heterocycles. The van der Waals surface area contributed by atoms with Crippen molar-refractivity contribution < 1.29 is 18.4 Å². The van der Waals surface area contributed by atoms with Crippen LogP contribution in [0, 0.1) is 11.3 Å². The second-order valence-corrected chi connectivity index (χ2v) is 7.24. The smallest absolute Gasteiger partial charge is 0.268 e. The minimum Gasteiger partial charge on any atom is -0.343 e. The fraction of sp³-hybridized carbons (Fsp3) is 0.227. The Morgan fingerprint density at radius 1 is 1.16 bits per heavy atom. The number of fused-ring (bicyclic) bond motifs is 1. The third-order valence-electron chi connectivity index (χ3n) is 5.16. The number of aromatic nitrogens is 2. The zero-order chi connectivity index (χ0) is 22.0. The van der Waals surface area contributed by atoms with Gasteiger partial charge in [0.2, 0.25) is 5.91 Å². The van der Waals surface area contributed by atoms with E-state index in [4.69, 9.17) is 5.26 Å². The molecule has 1 fully saturated rings. The molecule has 1 aliphatic rings. The Labute approximate surface area is 176 Å². The number of likely N-dealkylation sites (tertiary alicyclic amines) is 1. The Morgan fingerprint density at radius 3 is 2.74 bits per heavy atom. The van der Waals surface area contributed by atoms with Gasteiger partial charge < -0.3 is 10.2 Å².